The van der Waals surface area contributed by atoms with Crippen molar-refractivity contribution in [1.82, 2.24) is 9.78 Å². The maximum Gasteiger partial charge on any atom is 0.244 e. The predicted molar refractivity (Wildman–Crippen MR) is 113 cm³/mol. The molecule has 0 saturated heterocycles. The maximum absolute atomic E-state index is 12.7. The summed E-state index contributed by atoms with van der Waals surface area (Å²) in [6.45, 7) is 1.92. The van der Waals surface area contributed by atoms with E-state index in [1.807, 2.05) is 41.9 Å². The second-order valence-corrected chi connectivity index (χ2v) is 7.84. The van der Waals surface area contributed by atoms with Crippen molar-refractivity contribution in [2.45, 2.75) is 11.9 Å². The molecule has 2 aromatic carbocycles. The minimum Gasteiger partial charge on any atom is -0.454 e. The van der Waals surface area contributed by atoms with E-state index in [-0.39, 0.29) is 30.9 Å². The number of anilines is 2. The maximum atomic E-state index is 12.7. The molecule has 9 heteroatoms. The Kier molecular flexibility index (Phi) is 4.59. The molecule has 3 aromatic rings. The molecule has 2 aliphatic rings. The molecule has 0 bridgehead atoms. The standard InChI is InChI=1S/C21H18N4O4S/c1-13-20-21(25(23-13)15-5-3-2-4-6-15)30-11-19(27)24(20)10-18(26)22-14-7-8-16-17(9-14)29-12-28-16/h2-9H,10-12H2,1H3,(H,22,26). The Hall–Kier alpha value is -3.46. The number of nitrogens with one attached hydrogen (secondary N) is 1. The van der Waals surface area contributed by atoms with E-state index in [1.165, 1.54) is 16.7 Å². The van der Waals surface area contributed by atoms with E-state index < -0.39 is 0 Å². The van der Waals surface area contributed by atoms with E-state index >= 15 is 0 Å². The molecule has 2 aliphatic heterocycles. The number of thioether (sulfide) groups is 1. The van der Waals surface area contributed by atoms with Crippen LogP contribution < -0.4 is 19.7 Å². The first kappa shape index (κ1) is 18.6. The van der Waals surface area contributed by atoms with Gasteiger partial charge in [-0.2, -0.15) is 5.10 Å². The fraction of sp³-hybridized carbons (Fsp3) is 0.190. The monoisotopic (exact) mass is 422 g/mol. The normalized spacial score (nSPS) is 14.6. The van der Waals surface area contributed by atoms with Gasteiger partial charge < -0.3 is 14.8 Å². The topological polar surface area (TPSA) is 85.7 Å². The van der Waals surface area contributed by atoms with Crippen LogP contribution in [0.5, 0.6) is 11.5 Å². The minimum atomic E-state index is -0.299. The zero-order valence-corrected chi connectivity index (χ0v) is 16.9. The molecule has 30 heavy (non-hydrogen) atoms. The molecule has 8 nitrogen and oxygen atoms in total. The van der Waals surface area contributed by atoms with Gasteiger partial charge in [0.1, 0.15) is 11.6 Å². The van der Waals surface area contributed by atoms with Gasteiger partial charge in [0.05, 0.1) is 22.8 Å². The van der Waals surface area contributed by atoms with Crippen molar-refractivity contribution in [3.8, 4) is 17.2 Å². The number of carbonyl (C=O) groups excluding carboxylic acids is 2. The van der Waals surface area contributed by atoms with Crippen LogP contribution in [0.4, 0.5) is 11.4 Å². The van der Waals surface area contributed by atoms with Gasteiger partial charge in [-0.25, -0.2) is 4.68 Å². The highest BCUT2D eigenvalue weighted by atomic mass is 32.2. The Morgan fingerprint density at radius 3 is 2.80 bits per heavy atom. The lowest BCUT2D eigenvalue weighted by Gasteiger charge is -2.27. The largest absolute Gasteiger partial charge is 0.454 e. The first-order valence-electron chi connectivity index (χ1n) is 9.38. The predicted octanol–water partition coefficient (Wildman–Crippen LogP) is 2.99. The fourth-order valence-corrected chi connectivity index (χ4v) is 4.58. The van der Waals surface area contributed by atoms with Crippen molar-refractivity contribution in [3.05, 3.63) is 54.2 Å². The average molecular weight is 422 g/mol. The highest BCUT2D eigenvalue weighted by Crippen LogP contribution is 2.39. The van der Waals surface area contributed by atoms with Crippen LogP contribution in [0.25, 0.3) is 5.69 Å². The smallest absolute Gasteiger partial charge is 0.244 e. The Bertz CT molecular complexity index is 1150. The number of ether oxygens (including phenoxy) is 2. The van der Waals surface area contributed by atoms with Gasteiger partial charge in [-0.1, -0.05) is 30.0 Å². The summed E-state index contributed by atoms with van der Waals surface area (Å²) in [7, 11) is 0. The molecule has 0 unspecified atom stereocenters. The van der Waals surface area contributed by atoms with Crippen molar-refractivity contribution < 1.29 is 19.1 Å². The summed E-state index contributed by atoms with van der Waals surface area (Å²) in [6, 6.07) is 14.9. The van der Waals surface area contributed by atoms with E-state index in [9.17, 15) is 9.59 Å². The highest BCUT2D eigenvalue weighted by molar-refractivity contribution is 8.00. The average Bonchev–Trinajstić information content (AvgIpc) is 3.35. The molecule has 0 saturated carbocycles. The molecule has 0 fully saturated rings. The van der Waals surface area contributed by atoms with Crippen LogP contribution in [0.1, 0.15) is 5.69 Å². The number of benzene rings is 2. The number of aromatic nitrogens is 2. The zero-order valence-electron chi connectivity index (χ0n) is 16.1. The third kappa shape index (κ3) is 3.26. The summed E-state index contributed by atoms with van der Waals surface area (Å²) < 4.78 is 12.5. The second kappa shape index (κ2) is 7.42. The van der Waals surface area contributed by atoms with Crippen LogP contribution in [0, 0.1) is 6.92 Å². The molecule has 1 N–H and O–H groups in total. The van der Waals surface area contributed by atoms with Crippen LogP contribution >= 0.6 is 11.8 Å². The van der Waals surface area contributed by atoms with Crippen molar-refractivity contribution in [3.63, 3.8) is 0 Å². The number of aryl methyl sites for hydroxylation is 1. The lowest BCUT2D eigenvalue weighted by atomic mass is 10.2. The van der Waals surface area contributed by atoms with E-state index in [4.69, 9.17) is 9.47 Å². The molecule has 0 aliphatic carbocycles. The number of hydrogen-bond acceptors (Lipinski definition) is 6. The molecular formula is C21H18N4O4S. The van der Waals surface area contributed by atoms with Gasteiger partial charge in [-0.3, -0.25) is 14.5 Å². The van der Waals surface area contributed by atoms with Crippen molar-refractivity contribution in [2.24, 2.45) is 0 Å². The third-order valence-electron chi connectivity index (χ3n) is 4.85. The fourth-order valence-electron chi connectivity index (χ4n) is 3.50. The van der Waals surface area contributed by atoms with Crippen LogP contribution in [-0.4, -0.2) is 40.7 Å². The minimum absolute atomic E-state index is 0.0951. The number of rotatable bonds is 4. The number of nitrogens with zero attached hydrogens (tertiary/aromatic N) is 3. The zero-order chi connectivity index (χ0) is 20.7. The van der Waals surface area contributed by atoms with Gasteiger partial charge in [0.25, 0.3) is 0 Å². The van der Waals surface area contributed by atoms with E-state index in [1.54, 1.807) is 18.2 Å². The summed E-state index contributed by atoms with van der Waals surface area (Å²) in [5.74, 6) is 1.06. The summed E-state index contributed by atoms with van der Waals surface area (Å²) in [6.07, 6.45) is 0. The van der Waals surface area contributed by atoms with Crippen LogP contribution in [0.15, 0.2) is 53.6 Å². The van der Waals surface area contributed by atoms with Gasteiger partial charge in [0.15, 0.2) is 11.5 Å². The Morgan fingerprint density at radius 1 is 1.17 bits per heavy atom. The number of fused-ring (bicyclic) bond motifs is 2. The molecule has 152 valence electrons. The second-order valence-electron chi connectivity index (χ2n) is 6.87. The SMILES string of the molecule is Cc1nn(-c2ccccc2)c2c1N(CC(=O)Nc1ccc3c(c1)OCO3)C(=O)CS2. The summed E-state index contributed by atoms with van der Waals surface area (Å²) in [5.41, 5.74) is 2.87. The number of para-hydroxylation sites is 1. The Morgan fingerprint density at radius 2 is 1.97 bits per heavy atom. The van der Waals surface area contributed by atoms with Crippen molar-refractivity contribution in [2.75, 3.05) is 29.3 Å². The third-order valence-corrected chi connectivity index (χ3v) is 5.88. The molecule has 3 heterocycles. The van der Waals surface area contributed by atoms with Crippen LogP contribution in [0.3, 0.4) is 0 Å². The summed E-state index contributed by atoms with van der Waals surface area (Å²) in [5, 5.41) is 8.30. The van der Waals surface area contributed by atoms with E-state index in [0.29, 0.717) is 28.6 Å². The van der Waals surface area contributed by atoms with Crippen LogP contribution in [0.2, 0.25) is 0 Å². The number of carbonyl (C=O) groups is 2. The van der Waals surface area contributed by atoms with Crippen molar-refractivity contribution in [1.29, 1.82) is 0 Å². The van der Waals surface area contributed by atoms with Gasteiger partial charge in [0, 0.05) is 11.8 Å². The van der Waals surface area contributed by atoms with Gasteiger partial charge >= 0.3 is 0 Å². The number of hydrogen-bond donors (Lipinski definition) is 1. The molecule has 1 aromatic heterocycles. The first-order valence-corrected chi connectivity index (χ1v) is 10.4. The molecular weight excluding hydrogens is 404 g/mol. The molecule has 0 spiro atoms. The summed E-state index contributed by atoms with van der Waals surface area (Å²) in [4.78, 5) is 26.9. The van der Waals surface area contributed by atoms with Crippen molar-refractivity contribution >= 4 is 35.0 Å². The Balaban J connectivity index is 1.40. The van der Waals surface area contributed by atoms with Gasteiger partial charge in [-0.05, 0) is 31.2 Å². The quantitative estimate of drug-likeness (QED) is 0.696. The van der Waals surface area contributed by atoms with E-state index in [0.717, 1.165) is 10.7 Å². The van der Waals surface area contributed by atoms with E-state index in [2.05, 4.69) is 10.4 Å². The lowest BCUT2D eigenvalue weighted by Crippen LogP contribution is -2.41. The van der Waals surface area contributed by atoms with Crippen LogP contribution in [-0.2, 0) is 9.59 Å². The van der Waals surface area contributed by atoms with Gasteiger partial charge in [0.2, 0.25) is 18.6 Å². The first-order chi connectivity index (χ1) is 14.6. The van der Waals surface area contributed by atoms with Gasteiger partial charge in [-0.15, -0.1) is 0 Å². The summed E-state index contributed by atoms with van der Waals surface area (Å²) >= 11 is 1.43. The Labute approximate surface area is 176 Å². The molecule has 2 amide bonds. The highest BCUT2D eigenvalue weighted by Gasteiger charge is 2.32. The molecule has 0 radical (unpaired) electrons. The lowest BCUT2D eigenvalue weighted by molar-refractivity contribution is -0.120. The number of amides is 2. The molecule has 5 rings (SSSR count). The molecule has 0 atom stereocenters.